The summed E-state index contributed by atoms with van der Waals surface area (Å²) in [4.78, 5) is 29.1. The molecule has 6 aliphatic rings. The second-order valence-electron chi connectivity index (χ2n) is 14.7. The van der Waals surface area contributed by atoms with Gasteiger partial charge in [-0.3, -0.25) is 19.9 Å². The maximum absolute atomic E-state index is 4.94. The minimum absolute atomic E-state index is 0.395. The van der Waals surface area contributed by atoms with Crippen LogP contribution in [0.25, 0.3) is 45.6 Å². The van der Waals surface area contributed by atoms with Gasteiger partial charge < -0.3 is 0 Å². The Labute approximate surface area is 258 Å². The van der Waals surface area contributed by atoms with Crippen LogP contribution in [0.1, 0.15) is 74.6 Å². The van der Waals surface area contributed by atoms with Crippen LogP contribution in [-0.4, -0.2) is 29.9 Å². The Balaban J connectivity index is 0.965. The lowest BCUT2D eigenvalue weighted by atomic mass is 9.47. The number of pyridine rings is 4. The lowest BCUT2D eigenvalue weighted by molar-refractivity contribution is 0.0183. The van der Waals surface area contributed by atoms with Crippen molar-refractivity contribution in [2.45, 2.75) is 65.2 Å². The molecule has 0 aliphatic heterocycles. The first-order chi connectivity index (χ1) is 21.3. The van der Waals surface area contributed by atoms with Crippen molar-refractivity contribution >= 4 is 0 Å². The van der Waals surface area contributed by atoms with Crippen LogP contribution in [0.2, 0.25) is 0 Å². The van der Waals surface area contributed by atoms with E-state index in [9.17, 15) is 0 Å². The molecule has 0 amide bonds. The molecule has 5 aromatic rings. The molecule has 5 aromatic heterocycles. The highest BCUT2D eigenvalue weighted by atomic mass is 14.9. The van der Waals surface area contributed by atoms with Crippen molar-refractivity contribution in [3.8, 4) is 45.6 Å². The van der Waals surface area contributed by atoms with Crippen molar-refractivity contribution in [3.05, 3.63) is 95.6 Å². The minimum Gasteiger partial charge on any atom is -0.254 e. The highest BCUT2D eigenvalue weighted by molar-refractivity contribution is 5.65. The van der Waals surface area contributed by atoms with E-state index in [0.29, 0.717) is 22.7 Å². The van der Waals surface area contributed by atoms with Crippen LogP contribution in [0.3, 0.4) is 0 Å². The number of nitrogens with zero attached hydrogens (tertiary/aromatic N) is 6. The second-order valence-corrected chi connectivity index (χ2v) is 14.7. The number of rotatable bonds is 4. The summed E-state index contributed by atoms with van der Waals surface area (Å²) in [6, 6.07) is 16.6. The first-order valence-corrected chi connectivity index (χ1v) is 16.0. The van der Waals surface area contributed by atoms with E-state index in [0.717, 1.165) is 70.2 Å². The first kappa shape index (κ1) is 26.1. The lowest BCUT2D eigenvalue weighted by Gasteiger charge is -2.57. The fourth-order valence-corrected chi connectivity index (χ4v) is 8.62. The molecule has 0 unspecified atom stereocenters. The van der Waals surface area contributed by atoms with Gasteiger partial charge in [0.05, 0.1) is 46.6 Å². The van der Waals surface area contributed by atoms with Crippen molar-refractivity contribution in [1.29, 1.82) is 0 Å². The van der Waals surface area contributed by atoms with Crippen molar-refractivity contribution in [2.75, 3.05) is 0 Å². The predicted octanol–water partition coefficient (Wildman–Crippen LogP) is 8.10. The summed E-state index contributed by atoms with van der Waals surface area (Å²) < 4.78 is 0. The molecule has 4 atom stereocenters. The Morgan fingerprint density at radius 2 is 0.886 bits per heavy atom. The summed E-state index contributed by atoms with van der Waals surface area (Å²) in [5.41, 5.74) is 13.1. The predicted molar refractivity (Wildman–Crippen MR) is 172 cm³/mol. The Morgan fingerprint density at radius 1 is 0.500 bits per heavy atom. The summed E-state index contributed by atoms with van der Waals surface area (Å²) in [6.45, 7) is 9.62. The van der Waals surface area contributed by atoms with Gasteiger partial charge >= 0.3 is 0 Å². The molecule has 0 N–H and O–H groups in total. The maximum atomic E-state index is 4.94. The minimum atomic E-state index is 0.395. The Hall–Kier alpha value is -4.32. The van der Waals surface area contributed by atoms with Crippen LogP contribution < -0.4 is 0 Å². The third-order valence-corrected chi connectivity index (χ3v) is 11.9. The average molecular weight is 577 g/mol. The molecule has 0 saturated heterocycles. The van der Waals surface area contributed by atoms with Crippen LogP contribution in [0.15, 0.2) is 73.3 Å². The van der Waals surface area contributed by atoms with Crippen LogP contribution in [0.4, 0.5) is 0 Å². The van der Waals surface area contributed by atoms with Crippen LogP contribution in [0.5, 0.6) is 0 Å². The molecule has 2 saturated carbocycles. The number of aromatic nitrogens is 6. The summed E-state index contributed by atoms with van der Waals surface area (Å²) >= 11 is 0. The molecule has 218 valence electrons. The van der Waals surface area contributed by atoms with E-state index < -0.39 is 0 Å². The second kappa shape index (κ2) is 9.10. The van der Waals surface area contributed by atoms with Crippen molar-refractivity contribution in [1.82, 2.24) is 29.9 Å². The summed E-state index contributed by atoms with van der Waals surface area (Å²) in [6.07, 6.45) is 12.6. The van der Waals surface area contributed by atoms with Gasteiger partial charge in [0.25, 0.3) is 0 Å². The monoisotopic (exact) mass is 576 g/mol. The summed E-state index contributed by atoms with van der Waals surface area (Å²) in [5.74, 6) is 2.80. The summed E-state index contributed by atoms with van der Waals surface area (Å²) in [5, 5.41) is 0. The van der Waals surface area contributed by atoms with Gasteiger partial charge in [-0.1, -0.05) is 39.8 Å². The van der Waals surface area contributed by atoms with E-state index in [2.05, 4.69) is 52.2 Å². The summed E-state index contributed by atoms with van der Waals surface area (Å²) in [7, 11) is 0. The molecule has 0 aromatic carbocycles. The fraction of sp³-hybridized carbons (Fsp3) is 0.368. The largest absolute Gasteiger partial charge is 0.254 e. The third kappa shape index (κ3) is 3.79. The van der Waals surface area contributed by atoms with Gasteiger partial charge in [-0.15, -0.1) is 0 Å². The van der Waals surface area contributed by atoms with E-state index in [1.54, 1.807) is 12.4 Å². The van der Waals surface area contributed by atoms with Gasteiger partial charge in [0.2, 0.25) is 0 Å². The van der Waals surface area contributed by atoms with E-state index in [1.807, 2.05) is 36.4 Å². The molecule has 0 spiro atoms. The lowest BCUT2D eigenvalue weighted by Crippen LogP contribution is -2.48. The van der Waals surface area contributed by atoms with Crippen molar-refractivity contribution in [2.24, 2.45) is 22.7 Å². The highest BCUT2D eigenvalue weighted by Crippen LogP contribution is 2.63. The zero-order valence-corrected chi connectivity index (χ0v) is 25.7. The van der Waals surface area contributed by atoms with Crippen molar-refractivity contribution in [3.63, 3.8) is 0 Å². The smallest absolute Gasteiger partial charge is 0.107 e. The zero-order chi connectivity index (χ0) is 29.8. The van der Waals surface area contributed by atoms with E-state index in [-0.39, 0.29) is 0 Å². The van der Waals surface area contributed by atoms with E-state index in [4.69, 9.17) is 29.9 Å². The zero-order valence-electron chi connectivity index (χ0n) is 25.7. The van der Waals surface area contributed by atoms with Crippen LogP contribution in [0, 0.1) is 22.7 Å². The molecule has 5 heterocycles. The molecule has 0 radical (unpaired) electrons. The van der Waals surface area contributed by atoms with E-state index in [1.165, 1.54) is 35.1 Å². The van der Waals surface area contributed by atoms with Gasteiger partial charge in [0, 0.05) is 12.4 Å². The standard InChI is InChI=1S/C38H36N6/c1-37(2)23-11-21-13-33(39-17-25(21)27(37)15-23)29-7-5-9-31(43-29)35-19-42-36(20-41-35)32-10-6-8-30(44-32)34-14-22-12-24-16-28(38(24,3)4)26(22)18-40-34/h5-10,13-14,17-20,23-24,27-28H,11-12,15-16H2,1-4H3/t23-,24-,27-,28-/m0/s1. The van der Waals surface area contributed by atoms with Gasteiger partial charge in [0.1, 0.15) is 11.4 Å². The first-order valence-electron chi connectivity index (χ1n) is 16.0. The van der Waals surface area contributed by atoms with Crippen molar-refractivity contribution < 1.29 is 0 Å². The molecule has 6 heteroatoms. The maximum Gasteiger partial charge on any atom is 0.107 e. The topological polar surface area (TPSA) is 77.3 Å². The number of hydrogen-bond donors (Lipinski definition) is 0. The quantitative estimate of drug-likeness (QED) is 0.215. The third-order valence-electron chi connectivity index (χ3n) is 11.9. The normalized spacial score (nSPS) is 24.8. The van der Waals surface area contributed by atoms with Gasteiger partial charge in [0.15, 0.2) is 0 Å². The Kier molecular flexibility index (Phi) is 5.40. The molecule has 2 fully saturated rings. The molecule has 11 rings (SSSR count). The molecular weight excluding hydrogens is 540 g/mol. The highest BCUT2D eigenvalue weighted by Gasteiger charge is 2.53. The molecule has 44 heavy (non-hydrogen) atoms. The van der Waals surface area contributed by atoms with Crippen LogP contribution in [-0.2, 0) is 12.8 Å². The molecule has 4 bridgehead atoms. The molecular formula is C38H36N6. The van der Waals surface area contributed by atoms with Crippen LogP contribution >= 0.6 is 0 Å². The average Bonchev–Trinajstić information content (AvgIpc) is 3.07. The van der Waals surface area contributed by atoms with Gasteiger partial charge in [-0.25, -0.2) is 9.97 Å². The molecule has 6 nitrogen and oxygen atoms in total. The molecule has 6 aliphatic carbocycles. The SMILES string of the molecule is CC1(C)[C@H]2Cc3cc(-c4cccc(-c5cnc(-c6cccc(-c7cc8c(cn7)[C@@H]7C[C@H](C8)C7(C)C)n6)cn5)n4)ncc3[C@@H]1C2. The fourth-order valence-electron chi connectivity index (χ4n) is 8.62. The van der Waals surface area contributed by atoms with Gasteiger partial charge in [-0.05, 0) is 119 Å². The number of hydrogen-bond acceptors (Lipinski definition) is 6. The van der Waals surface area contributed by atoms with E-state index >= 15 is 0 Å². The Morgan fingerprint density at radius 3 is 1.27 bits per heavy atom. The van der Waals surface area contributed by atoms with Gasteiger partial charge in [-0.2, -0.15) is 0 Å². The Bertz CT molecular complexity index is 1820.